The lowest BCUT2D eigenvalue weighted by Gasteiger charge is -2.35. The lowest BCUT2D eigenvalue weighted by molar-refractivity contribution is -0.147. The zero-order valence-electron chi connectivity index (χ0n) is 12.0. The van der Waals surface area contributed by atoms with Gasteiger partial charge in [0.25, 0.3) is 0 Å². The summed E-state index contributed by atoms with van der Waals surface area (Å²) in [4.78, 5) is 25.2. The number of ether oxygens (including phenoxy) is 1. The molecule has 0 aromatic rings. The molecular weight excluding hydrogens is 268 g/mol. The minimum absolute atomic E-state index is 0. The van der Waals surface area contributed by atoms with Gasteiger partial charge in [-0.1, -0.05) is 26.2 Å². The van der Waals surface area contributed by atoms with E-state index < -0.39 is 5.54 Å². The number of nitrogens with zero attached hydrogens (tertiary/aromatic N) is 1. The van der Waals surface area contributed by atoms with E-state index in [-0.39, 0.29) is 30.2 Å². The molecule has 6 heteroatoms. The summed E-state index contributed by atoms with van der Waals surface area (Å²) in [6.45, 7) is 2.10. The Kier molecular flexibility index (Phi) is 7.37. The predicted molar refractivity (Wildman–Crippen MR) is 76.1 cm³/mol. The molecule has 1 aliphatic carbocycles. The topological polar surface area (TPSA) is 72.6 Å². The van der Waals surface area contributed by atoms with Crippen LogP contribution < -0.4 is 5.73 Å². The first-order valence-corrected chi connectivity index (χ1v) is 6.53. The van der Waals surface area contributed by atoms with Gasteiger partial charge in [-0.15, -0.1) is 12.4 Å². The first kappa shape index (κ1) is 18.2. The summed E-state index contributed by atoms with van der Waals surface area (Å²) in [6, 6.07) is 0. The summed E-state index contributed by atoms with van der Waals surface area (Å²) >= 11 is 0. The molecular formula is C13H25ClN2O3. The van der Waals surface area contributed by atoms with Crippen LogP contribution in [0, 0.1) is 5.92 Å². The molecule has 0 heterocycles. The van der Waals surface area contributed by atoms with Crippen molar-refractivity contribution in [3.63, 3.8) is 0 Å². The average Bonchev–Trinajstić information content (AvgIpc) is 2.37. The number of esters is 1. The zero-order valence-corrected chi connectivity index (χ0v) is 12.8. The van der Waals surface area contributed by atoms with E-state index in [0.29, 0.717) is 6.54 Å². The van der Waals surface area contributed by atoms with Crippen LogP contribution in [0.15, 0.2) is 0 Å². The Labute approximate surface area is 121 Å². The molecule has 0 saturated heterocycles. The van der Waals surface area contributed by atoms with Crippen molar-refractivity contribution in [1.82, 2.24) is 4.90 Å². The van der Waals surface area contributed by atoms with Crippen LogP contribution in [0.25, 0.3) is 0 Å². The molecule has 1 atom stereocenters. The van der Waals surface area contributed by atoms with E-state index >= 15 is 0 Å². The summed E-state index contributed by atoms with van der Waals surface area (Å²) in [7, 11) is 3.05. The maximum atomic E-state index is 12.3. The highest BCUT2D eigenvalue weighted by Gasteiger charge is 2.37. The Bertz CT molecular complexity index is 317. The molecule has 0 radical (unpaired) electrons. The van der Waals surface area contributed by atoms with Crippen LogP contribution >= 0.6 is 12.4 Å². The normalized spacial score (nSPS) is 18.9. The molecule has 19 heavy (non-hydrogen) atoms. The van der Waals surface area contributed by atoms with Gasteiger partial charge in [-0.2, -0.15) is 0 Å². The molecule has 1 saturated carbocycles. The third-order valence-corrected chi connectivity index (χ3v) is 3.67. The Hall–Kier alpha value is -0.810. The van der Waals surface area contributed by atoms with Crippen LogP contribution in [-0.4, -0.2) is 43.0 Å². The van der Waals surface area contributed by atoms with Gasteiger partial charge in [0.1, 0.15) is 0 Å². The molecule has 1 fully saturated rings. The monoisotopic (exact) mass is 292 g/mol. The van der Waals surface area contributed by atoms with Crippen molar-refractivity contribution in [2.45, 2.75) is 44.6 Å². The summed E-state index contributed by atoms with van der Waals surface area (Å²) < 4.78 is 4.66. The molecule has 0 aromatic carbocycles. The van der Waals surface area contributed by atoms with E-state index in [4.69, 9.17) is 5.73 Å². The van der Waals surface area contributed by atoms with Gasteiger partial charge in [0, 0.05) is 13.6 Å². The maximum absolute atomic E-state index is 12.3. The maximum Gasteiger partial charge on any atom is 0.310 e. The van der Waals surface area contributed by atoms with Crippen LogP contribution in [-0.2, 0) is 14.3 Å². The van der Waals surface area contributed by atoms with Gasteiger partial charge in [0.15, 0.2) is 0 Å². The SMILES string of the molecule is COC(=O)C(C)CN(C)C(=O)C1(N)CCCCC1.Cl. The Morgan fingerprint density at radius 2 is 1.84 bits per heavy atom. The number of methoxy groups -OCH3 is 1. The number of nitrogens with two attached hydrogens (primary N) is 1. The van der Waals surface area contributed by atoms with E-state index in [1.807, 2.05) is 0 Å². The van der Waals surface area contributed by atoms with Gasteiger partial charge < -0.3 is 15.4 Å². The van der Waals surface area contributed by atoms with Gasteiger partial charge in [-0.25, -0.2) is 0 Å². The van der Waals surface area contributed by atoms with E-state index in [2.05, 4.69) is 4.74 Å². The van der Waals surface area contributed by atoms with Gasteiger partial charge in [0.2, 0.25) is 5.91 Å². The molecule has 1 unspecified atom stereocenters. The minimum Gasteiger partial charge on any atom is -0.469 e. The molecule has 1 rings (SSSR count). The van der Waals surface area contributed by atoms with Crippen molar-refractivity contribution in [3.8, 4) is 0 Å². The zero-order chi connectivity index (χ0) is 13.8. The van der Waals surface area contributed by atoms with E-state index in [0.717, 1.165) is 32.1 Å². The molecule has 0 bridgehead atoms. The number of amides is 1. The number of hydrogen-bond donors (Lipinski definition) is 1. The summed E-state index contributed by atoms with van der Waals surface area (Å²) in [6.07, 6.45) is 4.63. The van der Waals surface area contributed by atoms with Gasteiger partial charge in [0.05, 0.1) is 18.6 Å². The predicted octanol–water partition coefficient (Wildman–Crippen LogP) is 1.34. The van der Waals surface area contributed by atoms with Crippen LogP contribution in [0.3, 0.4) is 0 Å². The van der Waals surface area contributed by atoms with Gasteiger partial charge in [-0.05, 0) is 12.8 Å². The Morgan fingerprint density at radius 3 is 2.32 bits per heavy atom. The van der Waals surface area contributed by atoms with Crippen LogP contribution in [0.4, 0.5) is 0 Å². The van der Waals surface area contributed by atoms with Crippen molar-refractivity contribution in [2.24, 2.45) is 11.7 Å². The van der Waals surface area contributed by atoms with E-state index in [1.54, 1.807) is 18.9 Å². The smallest absolute Gasteiger partial charge is 0.310 e. The van der Waals surface area contributed by atoms with Crippen LogP contribution in [0.1, 0.15) is 39.0 Å². The summed E-state index contributed by atoms with van der Waals surface area (Å²) in [5, 5.41) is 0. The fourth-order valence-corrected chi connectivity index (χ4v) is 2.55. The van der Waals surface area contributed by atoms with Crippen LogP contribution in [0.5, 0.6) is 0 Å². The summed E-state index contributed by atoms with van der Waals surface area (Å²) in [5.74, 6) is -0.682. The van der Waals surface area contributed by atoms with Crippen molar-refractivity contribution in [1.29, 1.82) is 0 Å². The average molecular weight is 293 g/mol. The summed E-state index contributed by atoms with van der Waals surface area (Å²) in [5.41, 5.74) is 5.45. The first-order chi connectivity index (χ1) is 8.40. The number of carbonyl (C=O) groups is 2. The molecule has 1 aliphatic rings. The number of rotatable bonds is 4. The second kappa shape index (κ2) is 7.70. The van der Waals surface area contributed by atoms with Crippen molar-refractivity contribution >= 4 is 24.3 Å². The highest BCUT2D eigenvalue weighted by Crippen LogP contribution is 2.27. The molecule has 2 N–H and O–H groups in total. The minimum atomic E-state index is -0.733. The first-order valence-electron chi connectivity index (χ1n) is 6.53. The Morgan fingerprint density at radius 1 is 1.32 bits per heavy atom. The molecule has 5 nitrogen and oxygen atoms in total. The number of hydrogen-bond acceptors (Lipinski definition) is 4. The van der Waals surface area contributed by atoms with Gasteiger partial charge in [-0.3, -0.25) is 9.59 Å². The number of carbonyl (C=O) groups excluding carboxylic acids is 2. The fourth-order valence-electron chi connectivity index (χ4n) is 2.55. The Balaban J connectivity index is 0.00000324. The second-order valence-electron chi connectivity index (χ2n) is 5.33. The van der Waals surface area contributed by atoms with Crippen LogP contribution in [0.2, 0.25) is 0 Å². The lowest BCUT2D eigenvalue weighted by atomic mass is 9.81. The standard InChI is InChI=1S/C13H24N2O3.ClH/c1-10(11(16)18-3)9-15(2)12(17)13(14)7-5-4-6-8-13;/h10H,4-9,14H2,1-3H3;1H. The fraction of sp³-hybridized carbons (Fsp3) is 0.846. The molecule has 0 aromatic heterocycles. The number of likely N-dealkylation sites (N-methyl/N-ethyl adjacent to an activating group) is 1. The molecule has 112 valence electrons. The highest BCUT2D eigenvalue weighted by molar-refractivity contribution is 5.86. The molecule has 0 aliphatic heterocycles. The highest BCUT2D eigenvalue weighted by atomic mass is 35.5. The third-order valence-electron chi connectivity index (χ3n) is 3.67. The number of halogens is 1. The molecule has 0 spiro atoms. The second-order valence-corrected chi connectivity index (χ2v) is 5.33. The largest absolute Gasteiger partial charge is 0.469 e. The van der Waals surface area contributed by atoms with E-state index in [1.165, 1.54) is 7.11 Å². The van der Waals surface area contributed by atoms with Crippen molar-refractivity contribution in [3.05, 3.63) is 0 Å². The van der Waals surface area contributed by atoms with Gasteiger partial charge >= 0.3 is 5.97 Å². The lowest BCUT2D eigenvalue weighted by Crippen LogP contribution is -2.56. The van der Waals surface area contributed by atoms with Crippen molar-refractivity contribution in [2.75, 3.05) is 20.7 Å². The quantitative estimate of drug-likeness (QED) is 0.794. The molecule has 1 amide bonds. The third kappa shape index (κ3) is 4.66. The van der Waals surface area contributed by atoms with E-state index in [9.17, 15) is 9.59 Å². The van der Waals surface area contributed by atoms with Crippen molar-refractivity contribution < 1.29 is 14.3 Å².